The Labute approximate surface area is 185 Å². The van der Waals surface area contributed by atoms with Crippen molar-refractivity contribution in [1.29, 1.82) is 0 Å². The molecule has 6 nitrogen and oxygen atoms in total. The van der Waals surface area contributed by atoms with Crippen molar-refractivity contribution in [3.63, 3.8) is 0 Å². The molecule has 6 heteroatoms. The first-order chi connectivity index (χ1) is 15.1. The standard InChI is InChI=1S/C25H37N5O/c1-3-29-15-21(11-26-29)12-27(2)17-22-8-9-24-23-10-20(16-30(24)25(22)31)14-28(18-23)13-19-6-4-5-7-19/h8-9,11,15,19-20,23H,3-7,10,12-14,16-18H2,1-2H3/t20-,23+/m0/s1. The number of rotatable bonds is 7. The van der Waals surface area contributed by atoms with E-state index in [0.29, 0.717) is 18.4 Å². The van der Waals surface area contributed by atoms with E-state index in [9.17, 15) is 4.79 Å². The Kier molecular flexibility index (Phi) is 6.02. The zero-order chi connectivity index (χ0) is 21.4. The lowest BCUT2D eigenvalue weighted by atomic mass is 9.82. The van der Waals surface area contributed by atoms with Gasteiger partial charge in [-0.2, -0.15) is 5.10 Å². The Hall–Kier alpha value is -1.92. The summed E-state index contributed by atoms with van der Waals surface area (Å²) < 4.78 is 4.07. The third-order valence-corrected chi connectivity index (χ3v) is 7.65. The number of aromatic nitrogens is 3. The van der Waals surface area contributed by atoms with Gasteiger partial charge in [0.1, 0.15) is 0 Å². The first-order valence-corrected chi connectivity index (χ1v) is 12.2. The second-order valence-electron chi connectivity index (χ2n) is 10.2. The van der Waals surface area contributed by atoms with E-state index in [1.807, 2.05) is 10.9 Å². The highest BCUT2D eigenvalue weighted by Crippen LogP contribution is 2.36. The molecule has 0 N–H and O–H groups in total. The molecule has 1 saturated carbocycles. The SMILES string of the molecule is CCn1cc(CN(C)Cc2ccc3n(c2=O)C[C@H]2C[C@@H]3CN(CC3CCCC3)C2)cn1. The lowest BCUT2D eigenvalue weighted by molar-refractivity contribution is 0.105. The highest BCUT2D eigenvalue weighted by Gasteiger charge is 2.35. The van der Waals surface area contributed by atoms with Gasteiger partial charge >= 0.3 is 0 Å². The fourth-order valence-electron chi connectivity index (χ4n) is 6.24. The largest absolute Gasteiger partial charge is 0.312 e. The highest BCUT2D eigenvalue weighted by atomic mass is 16.1. The average molecular weight is 424 g/mol. The minimum atomic E-state index is 0.229. The Bertz CT molecular complexity index is 957. The molecule has 2 aliphatic heterocycles. The van der Waals surface area contributed by atoms with Gasteiger partial charge in [-0.15, -0.1) is 0 Å². The van der Waals surface area contributed by atoms with Crippen LogP contribution in [0.5, 0.6) is 0 Å². The zero-order valence-electron chi connectivity index (χ0n) is 19.2. The molecule has 5 rings (SSSR count). The van der Waals surface area contributed by atoms with Crippen LogP contribution in [0, 0.1) is 11.8 Å². The van der Waals surface area contributed by atoms with Crippen LogP contribution < -0.4 is 5.56 Å². The number of fused-ring (bicyclic) bond motifs is 4. The molecule has 3 aliphatic rings. The van der Waals surface area contributed by atoms with Crippen LogP contribution in [0.3, 0.4) is 0 Å². The van der Waals surface area contributed by atoms with Crippen LogP contribution in [0.2, 0.25) is 0 Å². The quantitative estimate of drug-likeness (QED) is 0.686. The summed E-state index contributed by atoms with van der Waals surface area (Å²) in [5.74, 6) is 2.05. The van der Waals surface area contributed by atoms with Crippen molar-refractivity contribution in [3.05, 3.63) is 51.7 Å². The first kappa shape index (κ1) is 21.0. The van der Waals surface area contributed by atoms with E-state index in [1.54, 1.807) is 0 Å². The van der Waals surface area contributed by atoms with Crippen LogP contribution in [-0.2, 0) is 26.2 Å². The molecule has 2 aromatic rings. The summed E-state index contributed by atoms with van der Waals surface area (Å²) in [6, 6.07) is 4.34. The first-order valence-electron chi connectivity index (χ1n) is 12.2. The number of nitrogens with zero attached hydrogens (tertiary/aromatic N) is 5. The number of hydrogen-bond acceptors (Lipinski definition) is 4. The molecule has 1 aliphatic carbocycles. The van der Waals surface area contributed by atoms with Gasteiger partial charge in [0, 0.05) is 74.7 Å². The van der Waals surface area contributed by atoms with Crippen molar-refractivity contribution >= 4 is 0 Å². The van der Waals surface area contributed by atoms with Crippen molar-refractivity contribution in [2.75, 3.05) is 26.7 Å². The molecular weight excluding hydrogens is 386 g/mol. The highest BCUT2D eigenvalue weighted by molar-refractivity contribution is 5.22. The summed E-state index contributed by atoms with van der Waals surface area (Å²) in [6.45, 7) is 8.94. The van der Waals surface area contributed by atoms with Gasteiger partial charge in [0.15, 0.2) is 0 Å². The van der Waals surface area contributed by atoms with Crippen LogP contribution in [-0.4, -0.2) is 50.8 Å². The third kappa shape index (κ3) is 4.51. The number of pyridine rings is 1. The van der Waals surface area contributed by atoms with Gasteiger partial charge in [-0.1, -0.05) is 18.9 Å². The average Bonchev–Trinajstić information content (AvgIpc) is 3.42. The van der Waals surface area contributed by atoms with Gasteiger partial charge in [0.2, 0.25) is 0 Å². The normalized spacial score (nSPS) is 24.1. The zero-order valence-corrected chi connectivity index (χ0v) is 19.2. The van der Waals surface area contributed by atoms with E-state index in [1.165, 1.54) is 56.5 Å². The van der Waals surface area contributed by atoms with Crippen LogP contribution >= 0.6 is 0 Å². The van der Waals surface area contributed by atoms with Crippen molar-refractivity contribution in [1.82, 2.24) is 24.1 Å². The van der Waals surface area contributed by atoms with Crippen molar-refractivity contribution in [3.8, 4) is 0 Å². The summed E-state index contributed by atoms with van der Waals surface area (Å²) in [4.78, 5) is 18.3. The van der Waals surface area contributed by atoms with Gasteiger partial charge in [-0.3, -0.25) is 14.4 Å². The minimum Gasteiger partial charge on any atom is -0.312 e. The Morgan fingerprint density at radius 1 is 1.13 bits per heavy atom. The Balaban J connectivity index is 1.27. The summed E-state index contributed by atoms with van der Waals surface area (Å²) in [6.07, 6.45) is 10.9. The van der Waals surface area contributed by atoms with Crippen molar-refractivity contribution < 1.29 is 0 Å². The molecule has 2 atom stereocenters. The minimum absolute atomic E-state index is 0.229. The summed E-state index contributed by atoms with van der Waals surface area (Å²) in [7, 11) is 2.09. The molecule has 2 bridgehead atoms. The van der Waals surface area contributed by atoms with Gasteiger partial charge in [0.05, 0.1) is 6.20 Å². The molecule has 0 radical (unpaired) electrons. The number of aryl methyl sites for hydroxylation is 1. The molecule has 1 saturated heterocycles. The molecule has 0 unspecified atom stereocenters. The number of likely N-dealkylation sites (tertiary alicyclic amines) is 1. The van der Waals surface area contributed by atoms with Gasteiger partial charge in [-0.25, -0.2) is 0 Å². The van der Waals surface area contributed by atoms with Crippen molar-refractivity contribution in [2.24, 2.45) is 11.8 Å². The molecule has 2 fully saturated rings. The maximum absolute atomic E-state index is 13.3. The Morgan fingerprint density at radius 2 is 1.97 bits per heavy atom. The number of piperidine rings is 1. The second kappa shape index (κ2) is 8.91. The van der Waals surface area contributed by atoms with E-state index < -0.39 is 0 Å². The van der Waals surface area contributed by atoms with Crippen LogP contribution in [0.25, 0.3) is 0 Å². The second-order valence-corrected chi connectivity index (χ2v) is 10.2. The smallest absolute Gasteiger partial charge is 0.255 e. The fraction of sp³-hybridized carbons (Fsp3) is 0.680. The molecule has 168 valence electrons. The third-order valence-electron chi connectivity index (χ3n) is 7.65. The summed E-state index contributed by atoms with van der Waals surface area (Å²) in [5, 5.41) is 4.36. The van der Waals surface area contributed by atoms with E-state index in [4.69, 9.17) is 0 Å². The molecule has 0 aromatic carbocycles. The van der Waals surface area contributed by atoms with E-state index in [-0.39, 0.29) is 5.56 Å². The van der Waals surface area contributed by atoms with E-state index in [0.717, 1.165) is 37.7 Å². The Morgan fingerprint density at radius 3 is 2.74 bits per heavy atom. The molecule has 2 aromatic heterocycles. The summed E-state index contributed by atoms with van der Waals surface area (Å²) in [5.41, 5.74) is 3.61. The van der Waals surface area contributed by atoms with E-state index >= 15 is 0 Å². The predicted molar refractivity (Wildman–Crippen MR) is 123 cm³/mol. The molecule has 4 heterocycles. The predicted octanol–water partition coefficient (Wildman–Crippen LogP) is 3.31. The fourth-order valence-corrected chi connectivity index (χ4v) is 6.24. The maximum atomic E-state index is 13.3. The summed E-state index contributed by atoms with van der Waals surface area (Å²) >= 11 is 0. The number of hydrogen-bond donors (Lipinski definition) is 0. The monoisotopic (exact) mass is 423 g/mol. The lowest BCUT2D eigenvalue weighted by Gasteiger charge is -2.43. The van der Waals surface area contributed by atoms with Gasteiger partial charge < -0.3 is 9.47 Å². The van der Waals surface area contributed by atoms with Gasteiger partial charge in [0.25, 0.3) is 5.56 Å². The lowest BCUT2D eigenvalue weighted by Crippen LogP contribution is -2.48. The topological polar surface area (TPSA) is 46.3 Å². The van der Waals surface area contributed by atoms with Crippen LogP contribution in [0.4, 0.5) is 0 Å². The maximum Gasteiger partial charge on any atom is 0.255 e. The molecular formula is C25H37N5O. The molecule has 31 heavy (non-hydrogen) atoms. The molecule has 0 spiro atoms. The van der Waals surface area contributed by atoms with Crippen molar-refractivity contribution in [2.45, 2.75) is 71.1 Å². The van der Waals surface area contributed by atoms with E-state index in [2.05, 4.69) is 51.8 Å². The van der Waals surface area contributed by atoms with Crippen LogP contribution in [0.15, 0.2) is 29.3 Å². The van der Waals surface area contributed by atoms with Crippen LogP contribution in [0.1, 0.15) is 61.8 Å². The molecule has 0 amide bonds. The van der Waals surface area contributed by atoms with Gasteiger partial charge in [-0.05, 0) is 51.1 Å².